The molecular weight excluding hydrogens is 392 g/mol. The third-order valence-electron chi connectivity index (χ3n) is 5.26. The van der Waals surface area contributed by atoms with Crippen molar-refractivity contribution in [1.29, 1.82) is 0 Å². The van der Waals surface area contributed by atoms with Crippen LogP contribution in [0.5, 0.6) is 0 Å². The Morgan fingerprint density at radius 1 is 0.968 bits per heavy atom. The van der Waals surface area contributed by atoms with Gasteiger partial charge in [0.1, 0.15) is 6.61 Å². The standard InChI is InChI=1S/C26H44O5/c1-5-28-15-16-29-17-18-30-19-20-31-26(27)25-14-8-13-24(21-25)12-7-11-23(4)10-6-9-22(2)3/h9,11,13,25H,5-8,10,12,14-21H2,1-4H3. The monoisotopic (exact) mass is 436 g/mol. The summed E-state index contributed by atoms with van der Waals surface area (Å²) >= 11 is 0. The van der Waals surface area contributed by atoms with E-state index >= 15 is 0 Å². The minimum absolute atomic E-state index is 0.00959. The number of carbonyl (C=O) groups excluding carboxylic acids is 1. The third kappa shape index (κ3) is 15.1. The van der Waals surface area contributed by atoms with Gasteiger partial charge in [-0.25, -0.2) is 0 Å². The maximum absolute atomic E-state index is 12.4. The van der Waals surface area contributed by atoms with Gasteiger partial charge in [0.2, 0.25) is 0 Å². The lowest BCUT2D eigenvalue weighted by atomic mass is 9.87. The van der Waals surface area contributed by atoms with E-state index in [0.717, 1.165) is 44.9 Å². The molecule has 0 aromatic carbocycles. The van der Waals surface area contributed by atoms with Crippen LogP contribution in [0, 0.1) is 5.92 Å². The molecule has 0 saturated heterocycles. The third-order valence-corrected chi connectivity index (χ3v) is 5.26. The first-order valence-corrected chi connectivity index (χ1v) is 11.9. The highest BCUT2D eigenvalue weighted by atomic mass is 16.6. The summed E-state index contributed by atoms with van der Waals surface area (Å²) in [4.78, 5) is 12.4. The van der Waals surface area contributed by atoms with Gasteiger partial charge < -0.3 is 18.9 Å². The van der Waals surface area contributed by atoms with Crippen LogP contribution in [-0.4, -0.2) is 52.2 Å². The minimum atomic E-state index is -0.0874. The quantitative estimate of drug-likeness (QED) is 0.164. The first-order chi connectivity index (χ1) is 15.0. The highest BCUT2D eigenvalue weighted by molar-refractivity contribution is 5.73. The molecule has 0 aliphatic heterocycles. The van der Waals surface area contributed by atoms with Crippen molar-refractivity contribution in [3.05, 3.63) is 34.9 Å². The molecule has 0 heterocycles. The van der Waals surface area contributed by atoms with Crippen LogP contribution >= 0.6 is 0 Å². The Hall–Kier alpha value is -1.43. The molecule has 5 nitrogen and oxygen atoms in total. The Labute approximate surface area is 189 Å². The van der Waals surface area contributed by atoms with Crippen molar-refractivity contribution in [2.45, 2.75) is 72.6 Å². The van der Waals surface area contributed by atoms with Crippen molar-refractivity contribution in [3.8, 4) is 0 Å². The van der Waals surface area contributed by atoms with Crippen molar-refractivity contribution < 1.29 is 23.7 Å². The van der Waals surface area contributed by atoms with Crippen LogP contribution in [-0.2, 0) is 23.7 Å². The molecule has 178 valence electrons. The molecule has 0 aromatic heterocycles. The molecule has 1 aliphatic carbocycles. The molecule has 0 bridgehead atoms. The van der Waals surface area contributed by atoms with Gasteiger partial charge in [0.25, 0.3) is 0 Å². The lowest BCUT2D eigenvalue weighted by Crippen LogP contribution is -2.22. The maximum Gasteiger partial charge on any atom is 0.309 e. The van der Waals surface area contributed by atoms with Crippen LogP contribution in [0.15, 0.2) is 34.9 Å². The lowest BCUT2D eigenvalue weighted by molar-refractivity contribution is -0.150. The second-order valence-electron chi connectivity index (χ2n) is 8.34. The van der Waals surface area contributed by atoms with Crippen LogP contribution in [0.4, 0.5) is 0 Å². The molecule has 0 spiro atoms. The minimum Gasteiger partial charge on any atom is -0.463 e. The van der Waals surface area contributed by atoms with Gasteiger partial charge in [-0.15, -0.1) is 0 Å². The van der Waals surface area contributed by atoms with Gasteiger partial charge in [-0.2, -0.15) is 0 Å². The summed E-state index contributed by atoms with van der Waals surface area (Å²) in [6.07, 6.45) is 14.0. The zero-order valence-corrected chi connectivity index (χ0v) is 20.3. The van der Waals surface area contributed by atoms with Crippen molar-refractivity contribution in [2.24, 2.45) is 5.92 Å². The molecule has 1 unspecified atom stereocenters. The lowest BCUT2D eigenvalue weighted by Gasteiger charge is -2.21. The Morgan fingerprint density at radius 2 is 1.65 bits per heavy atom. The van der Waals surface area contributed by atoms with Crippen LogP contribution in [0.25, 0.3) is 0 Å². The predicted octanol–water partition coefficient (Wildman–Crippen LogP) is 5.80. The van der Waals surface area contributed by atoms with E-state index < -0.39 is 0 Å². The molecular formula is C26H44O5. The van der Waals surface area contributed by atoms with E-state index in [0.29, 0.717) is 46.2 Å². The SMILES string of the molecule is CCOCCOCCOCCOC(=O)C1CCC=C(CCC=C(C)CCC=C(C)C)C1. The predicted molar refractivity (Wildman–Crippen MR) is 126 cm³/mol. The van der Waals surface area contributed by atoms with Gasteiger partial charge in [0, 0.05) is 6.61 Å². The van der Waals surface area contributed by atoms with Gasteiger partial charge in [-0.1, -0.05) is 34.9 Å². The molecule has 1 aliphatic rings. The highest BCUT2D eigenvalue weighted by Gasteiger charge is 2.23. The molecule has 0 aromatic rings. The Morgan fingerprint density at radius 3 is 2.32 bits per heavy atom. The zero-order chi connectivity index (χ0) is 22.7. The van der Waals surface area contributed by atoms with Gasteiger partial charge in [-0.3, -0.25) is 4.79 Å². The van der Waals surface area contributed by atoms with Gasteiger partial charge in [-0.05, 0) is 72.6 Å². The summed E-state index contributed by atoms with van der Waals surface area (Å²) in [7, 11) is 0. The maximum atomic E-state index is 12.4. The highest BCUT2D eigenvalue weighted by Crippen LogP contribution is 2.28. The summed E-state index contributed by atoms with van der Waals surface area (Å²) in [5.41, 5.74) is 4.22. The number of hydrogen-bond donors (Lipinski definition) is 0. The van der Waals surface area contributed by atoms with Gasteiger partial charge in [0.15, 0.2) is 0 Å². The number of hydrogen-bond acceptors (Lipinski definition) is 5. The molecule has 1 atom stereocenters. The average molecular weight is 437 g/mol. The summed E-state index contributed by atoms with van der Waals surface area (Å²) < 4.78 is 21.4. The van der Waals surface area contributed by atoms with E-state index in [4.69, 9.17) is 18.9 Å². The second-order valence-corrected chi connectivity index (χ2v) is 8.34. The number of esters is 1. The first-order valence-electron chi connectivity index (χ1n) is 11.9. The normalized spacial score (nSPS) is 16.7. The largest absolute Gasteiger partial charge is 0.463 e. The fourth-order valence-electron chi connectivity index (χ4n) is 3.49. The van der Waals surface area contributed by atoms with E-state index in [1.807, 2.05) is 6.92 Å². The smallest absolute Gasteiger partial charge is 0.309 e. The van der Waals surface area contributed by atoms with E-state index in [9.17, 15) is 4.79 Å². The average Bonchev–Trinajstić information content (AvgIpc) is 2.75. The Kier molecular flexibility index (Phi) is 16.2. The number of allylic oxidation sites excluding steroid dienone is 6. The van der Waals surface area contributed by atoms with Crippen LogP contribution < -0.4 is 0 Å². The fraction of sp³-hybridized carbons (Fsp3) is 0.731. The van der Waals surface area contributed by atoms with Crippen molar-refractivity contribution in [1.82, 2.24) is 0 Å². The topological polar surface area (TPSA) is 54.0 Å². The molecule has 1 rings (SSSR count). The first kappa shape index (κ1) is 27.6. The van der Waals surface area contributed by atoms with Crippen molar-refractivity contribution >= 4 is 5.97 Å². The Bertz CT molecular complexity index is 572. The van der Waals surface area contributed by atoms with Gasteiger partial charge in [0.05, 0.1) is 39.0 Å². The molecule has 0 saturated carbocycles. The van der Waals surface area contributed by atoms with E-state index in [2.05, 4.69) is 39.0 Å². The van der Waals surface area contributed by atoms with Gasteiger partial charge >= 0.3 is 5.97 Å². The number of carbonyl (C=O) groups is 1. The Balaban J connectivity index is 2.12. The van der Waals surface area contributed by atoms with E-state index in [-0.39, 0.29) is 11.9 Å². The molecule has 0 amide bonds. The molecule has 0 fully saturated rings. The summed E-state index contributed by atoms with van der Waals surface area (Å²) in [5.74, 6) is -0.0970. The van der Waals surface area contributed by atoms with Crippen molar-refractivity contribution in [3.63, 3.8) is 0 Å². The summed E-state index contributed by atoms with van der Waals surface area (Å²) in [5, 5.41) is 0. The number of rotatable bonds is 17. The van der Waals surface area contributed by atoms with E-state index in [1.165, 1.54) is 16.7 Å². The second kappa shape index (κ2) is 18.2. The number of ether oxygens (including phenoxy) is 4. The van der Waals surface area contributed by atoms with Crippen LogP contribution in [0.3, 0.4) is 0 Å². The molecule has 0 radical (unpaired) electrons. The van der Waals surface area contributed by atoms with Crippen molar-refractivity contribution in [2.75, 3.05) is 46.2 Å². The van der Waals surface area contributed by atoms with Crippen LogP contribution in [0.2, 0.25) is 0 Å². The summed E-state index contributed by atoms with van der Waals surface area (Å²) in [6.45, 7) is 12.1. The zero-order valence-electron chi connectivity index (χ0n) is 20.3. The molecule has 0 N–H and O–H groups in total. The molecule has 5 heteroatoms. The van der Waals surface area contributed by atoms with E-state index in [1.54, 1.807) is 0 Å². The molecule has 31 heavy (non-hydrogen) atoms. The van der Waals surface area contributed by atoms with Crippen LogP contribution in [0.1, 0.15) is 72.6 Å². The summed E-state index contributed by atoms with van der Waals surface area (Å²) in [6, 6.07) is 0. The fourth-order valence-corrected chi connectivity index (χ4v) is 3.49.